The first-order valence-corrected chi connectivity index (χ1v) is 36.6. The highest BCUT2D eigenvalue weighted by Crippen LogP contribution is 2.67. The van der Waals surface area contributed by atoms with E-state index in [2.05, 4.69) is 104 Å². The highest BCUT2D eigenvalue weighted by atomic mass is 16.7. The zero-order valence-electron chi connectivity index (χ0n) is 59.4. The summed E-state index contributed by atoms with van der Waals surface area (Å²) in [6, 6.07) is 47.3. The molecule has 3 fully saturated rings. The largest absolute Gasteiger partial charge is 0.514 e. The van der Waals surface area contributed by atoms with E-state index in [1.54, 1.807) is 36.9 Å². The molecule has 4 aliphatic rings. The fraction of sp³-hybridized carbons (Fsp3) is 0.482. The van der Waals surface area contributed by atoms with Crippen molar-refractivity contribution in [2.24, 2.45) is 46.3 Å². The van der Waals surface area contributed by atoms with E-state index in [0.29, 0.717) is 55.6 Å². The molecule has 4 amide bonds. The molecule has 0 aliphatic heterocycles. The summed E-state index contributed by atoms with van der Waals surface area (Å²) in [5.74, 6) is 3.81. The Kier molecular flexibility index (Phi) is 26.0. The second kappa shape index (κ2) is 35.1. The zero-order valence-corrected chi connectivity index (χ0v) is 59.4. The zero-order chi connectivity index (χ0) is 70.7. The summed E-state index contributed by atoms with van der Waals surface area (Å²) < 4.78 is 22.6. The van der Waals surface area contributed by atoms with Crippen LogP contribution in [0.2, 0.25) is 0 Å². The van der Waals surface area contributed by atoms with Gasteiger partial charge >= 0.3 is 6.16 Å². The highest BCUT2D eigenvalue weighted by molar-refractivity contribution is 5.98. The molecule has 17 heteroatoms. The van der Waals surface area contributed by atoms with Crippen molar-refractivity contribution in [2.45, 2.75) is 181 Å². The van der Waals surface area contributed by atoms with Gasteiger partial charge in [0.1, 0.15) is 30.2 Å². The van der Waals surface area contributed by atoms with Gasteiger partial charge in [0.15, 0.2) is 0 Å². The summed E-state index contributed by atoms with van der Waals surface area (Å²) in [5.41, 5.74) is 6.22. The van der Waals surface area contributed by atoms with Crippen LogP contribution in [0.4, 0.5) is 16.2 Å². The third-order valence-electron chi connectivity index (χ3n) is 22.5. The van der Waals surface area contributed by atoms with Gasteiger partial charge in [-0.3, -0.25) is 34.6 Å². The summed E-state index contributed by atoms with van der Waals surface area (Å²) in [4.78, 5) is 79.5. The molecular weight excluding hydrogens is 1260 g/mol. The van der Waals surface area contributed by atoms with E-state index >= 15 is 0 Å². The number of hydrogen-bond acceptors (Lipinski definition) is 12. The Hall–Kier alpha value is -8.67. The van der Waals surface area contributed by atoms with Crippen molar-refractivity contribution in [1.82, 2.24) is 21.3 Å². The lowest BCUT2D eigenvalue weighted by atomic mass is 9.47. The molecule has 4 aliphatic carbocycles. The Morgan fingerprint density at radius 2 is 1.29 bits per heavy atom. The van der Waals surface area contributed by atoms with E-state index in [1.807, 2.05) is 78.9 Å². The van der Waals surface area contributed by atoms with Gasteiger partial charge in [-0.1, -0.05) is 181 Å². The van der Waals surface area contributed by atoms with E-state index in [-0.39, 0.29) is 61.2 Å². The quantitative estimate of drug-likeness (QED) is 0.00484. The minimum atomic E-state index is -1.10. The number of allylic oxidation sites excluding steroid dienone is 1. The first kappa shape index (κ1) is 74.0. The second-order valence-electron chi connectivity index (χ2n) is 29.3. The number of nitrogens with zero attached hydrogens (tertiary/aromatic N) is 1. The monoisotopic (exact) mass is 1360 g/mol. The molecule has 10 unspecified atom stereocenters. The van der Waals surface area contributed by atoms with Gasteiger partial charge in [0.25, 0.3) is 5.69 Å². The van der Waals surface area contributed by atoms with Crippen molar-refractivity contribution in [3.05, 3.63) is 213 Å². The Morgan fingerprint density at radius 1 is 0.630 bits per heavy atom. The molecule has 532 valence electrons. The van der Waals surface area contributed by atoms with E-state index in [1.165, 1.54) is 82.1 Å². The smallest absolute Gasteiger partial charge is 0.497 e. The number of nitrogens with one attached hydrogen (secondary N) is 5. The van der Waals surface area contributed by atoms with Crippen LogP contribution in [0.25, 0.3) is 0 Å². The third-order valence-corrected chi connectivity index (χ3v) is 22.5. The van der Waals surface area contributed by atoms with Crippen LogP contribution in [-0.4, -0.2) is 79.7 Å². The van der Waals surface area contributed by atoms with Gasteiger partial charge in [-0.15, -0.1) is 0 Å². The van der Waals surface area contributed by atoms with Gasteiger partial charge < -0.3 is 40.2 Å². The summed E-state index contributed by atoms with van der Waals surface area (Å²) in [6.07, 6.45) is 17.6. The number of benzene rings is 6. The summed E-state index contributed by atoms with van der Waals surface area (Å²) in [6.45, 7) is 13.8. The molecule has 3 saturated carbocycles. The number of nitro benzene ring substituents is 1. The van der Waals surface area contributed by atoms with Crippen molar-refractivity contribution in [2.75, 3.05) is 32.1 Å². The predicted octanol–water partition coefficient (Wildman–Crippen LogP) is 15.9. The predicted molar refractivity (Wildman–Crippen MR) is 390 cm³/mol. The lowest BCUT2D eigenvalue weighted by Crippen LogP contribution is -2.53. The summed E-state index contributed by atoms with van der Waals surface area (Å²) >= 11 is 0. The normalized spacial score (nSPS) is 21.7. The second-order valence-corrected chi connectivity index (χ2v) is 29.3. The number of unbranched alkanes of at least 4 members (excludes halogenated alkanes) is 1. The van der Waals surface area contributed by atoms with E-state index in [9.17, 15) is 34.1 Å². The molecule has 0 bridgehead atoms. The van der Waals surface area contributed by atoms with Crippen molar-refractivity contribution < 1.29 is 47.8 Å². The molecule has 0 saturated heterocycles. The number of rotatable bonds is 34. The summed E-state index contributed by atoms with van der Waals surface area (Å²) in [5, 5.41) is 26.8. The molecule has 10 rings (SSSR count). The standard InChI is InChI=1S/C83H104N6O11/c1-57(2)20-18-21-58(3)71-43-44-72-70-42-33-64-55-69(47-49-81(64,4)73(70)48-50-82(71,72)5)98-53-19-51-84-76(90)45-46-77(91)87-75(54-59-22-10-7-11-23-59)79(93)88-74(78(92)86-65-34-29-60(30-35-65)56-99-80(94)100-68-40-36-66(37-41-68)89(95)96)28-16-17-52-85-83(61-24-12-8-13-25-61,62-26-14-9-15-27-62)63-31-38-67(97-6)39-32-63/h7-15,22-27,29-41,57-58,69-75,85H,16-21,28,42-56H2,1-6H3,(H,84,90)(H,86,92)(H,87,91)(H,88,93). The first-order valence-electron chi connectivity index (χ1n) is 36.6. The Bertz CT molecular complexity index is 3650. The minimum absolute atomic E-state index is 0.0737. The fourth-order valence-corrected chi connectivity index (χ4v) is 17.1. The average Bonchev–Trinajstić information content (AvgIpc) is 1.40. The number of carbonyl (C=O) groups is 5. The molecule has 17 nitrogen and oxygen atoms in total. The van der Waals surface area contributed by atoms with Gasteiger partial charge in [-0.2, -0.15) is 0 Å². The number of non-ortho nitro benzene ring substituents is 1. The van der Waals surface area contributed by atoms with Crippen LogP contribution in [0.1, 0.15) is 172 Å². The Labute approximate surface area is 591 Å². The van der Waals surface area contributed by atoms with Gasteiger partial charge in [-0.25, -0.2) is 4.79 Å². The van der Waals surface area contributed by atoms with Crippen LogP contribution in [-0.2, 0) is 47.2 Å². The molecule has 0 spiro atoms. The Balaban J connectivity index is 0.735. The van der Waals surface area contributed by atoms with E-state index in [4.69, 9.17) is 18.9 Å². The maximum Gasteiger partial charge on any atom is 0.514 e. The molecule has 5 N–H and O–H groups in total. The molecule has 100 heavy (non-hydrogen) atoms. The minimum Gasteiger partial charge on any atom is -0.497 e. The Morgan fingerprint density at radius 3 is 1.96 bits per heavy atom. The lowest BCUT2D eigenvalue weighted by Gasteiger charge is -2.58. The SMILES string of the molecule is COc1ccc(C(NCCCCC(NC(=O)C(Cc2ccccc2)NC(=O)CCC(=O)NCCCOC2CCC3(C)C(=CCC4C3CCC3(C)C(C(C)CCCC(C)C)CCC43)C2)C(=O)Nc2ccc(COC(=O)Oc3ccc([N+](=O)[O-])cc3)cc2)(c2ccccc2)c2ccccc2)cc1. The topological polar surface area (TPSA) is 226 Å². The number of hydrogen-bond donors (Lipinski definition) is 5. The summed E-state index contributed by atoms with van der Waals surface area (Å²) in [7, 11) is 1.64. The number of amides is 4. The maximum absolute atomic E-state index is 14.7. The van der Waals surface area contributed by atoms with Crippen LogP contribution in [0.3, 0.4) is 0 Å². The van der Waals surface area contributed by atoms with Gasteiger partial charge in [-0.05, 0) is 194 Å². The van der Waals surface area contributed by atoms with E-state index in [0.717, 1.165) is 76.4 Å². The van der Waals surface area contributed by atoms with Crippen LogP contribution in [0.5, 0.6) is 11.5 Å². The van der Waals surface area contributed by atoms with Crippen LogP contribution < -0.4 is 36.1 Å². The molecule has 10 atom stereocenters. The lowest BCUT2D eigenvalue weighted by molar-refractivity contribution is -0.384. The third kappa shape index (κ3) is 18.8. The van der Waals surface area contributed by atoms with Gasteiger partial charge in [0.2, 0.25) is 23.6 Å². The average molecular weight is 1360 g/mol. The first-order chi connectivity index (χ1) is 48.3. The van der Waals surface area contributed by atoms with Crippen molar-refractivity contribution >= 4 is 41.2 Å². The van der Waals surface area contributed by atoms with Crippen molar-refractivity contribution in [1.29, 1.82) is 0 Å². The van der Waals surface area contributed by atoms with Crippen LogP contribution >= 0.6 is 0 Å². The number of methoxy groups -OCH3 is 1. The molecule has 0 radical (unpaired) electrons. The number of anilines is 1. The van der Waals surface area contributed by atoms with Crippen LogP contribution in [0.15, 0.2) is 175 Å². The number of ether oxygens (including phenoxy) is 4. The number of nitro groups is 1. The molecule has 0 heterocycles. The van der Waals surface area contributed by atoms with E-state index < -0.39 is 46.4 Å². The molecule has 6 aromatic carbocycles. The van der Waals surface area contributed by atoms with Crippen LogP contribution in [0, 0.1) is 56.5 Å². The van der Waals surface area contributed by atoms with Crippen molar-refractivity contribution in [3.8, 4) is 11.5 Å². The molecular formula is C83H104N6O11. The highest BCUT2D eigenvalue weighted by Gasteiger charge is 2.59. The molecule has 0 aromatic heterocycles. The number of carbonyl (C=O) groups excluding carboxylic acids is 5. The van der Waals surface area contributed by atoms with Crippen molar-refractivity contribution in [3.63, 3.8) is 0 Å². The molecule has 6 aromatic rings. The van der Waals surface area contributed by atoms with Gasteiger partial charge in [0.05, 0.1) is 23.7 Å². The fourth-order valence-electron chi connectivity index (χ4n) is 17.1. The number of fused-ring (bicyclic) bond motifs is 5. The maximum atomic E-state index is 14.7. The van der Waals surface area contributed by atoms with Gasteiger partial charge in [0, 0.05) is 50.2 Å².